The lowest BCUT2D eigenvalue weighted by atomic mass is 9.99. The van der Waals surface area contributed by atoms with Crippen LogP contribution >= 0.6 is 35.0 Å². The summed E-state index contributed by atoms with van der Waals surface area (Å²) in [7, 11) is -3.54. The third-order valence-corrected chi connectivity index (χ3v) is 8.72. The minimum Gasteiger partial charge on any atom is -0.355 e. The Labute approximate surface area is 198 Å². The van der Waals surface area contributed by atoms with E-state index in [2.05, 4.69) is 17.4 Å². The van der Waals surface area contributed by atoms with Crippen molar-refractivity contribution < 1.29 is 13.2 Å². The Morgan fingerprint density at radius 3 is 2.61 bits per heavy atom. The van der Waals surface area contributed by atoms with Crippen molar-refractivity contribution >= 4 is 50.9 Å². The Balaban J connectivity index is 1.46. The number of rotatable bonds is 9. The van der Waals surface area contributed by atoms with Crippen molar-refractivity contribution in [1.82, 2.24) is 9.62 Å². The molecule has 5 nitrogen and oxygen atoms in total. The highest BCUT2D eigenvalue weighted by Gasteiger charge is 2.32. The van der Waals surface area contributed by atoms with Crippen molar-refractivity contribution in [2.75, 3.05) is 25.4 Å². The Hall–Kier alpha value is -1.25. The van der Waals surface area contributed by atoms with Crippen LogP contribution in [0.25, 0.3) is 0 Å². The van der Waals surface area contributed by atoms with Gasteiger partial charge in [-0.2, -0.15) is 11.8 Å². The zero-order chi connectivity index (χ0) is 22.3. The van der Waals surface area contributed by atoms with Crippen molar-refractivity contribution in [3.05, 3.63) is 69.7 Å². The fourth-order valence-corrected chi connectivity index (χ4v) is 6.23. The summed E-state index contributed by atoms with van der Waals surface area (Å²) in [5.41, 5.74) is 1.84. The molecular formula is C22H26Cl2N2O3S2. The maximum Gasteiger partial charge on any atom is 0.224 e. The first-order valence-electron chi connectivity index (χ1n) is 10.2. The Morgan fingerprint density at radius 2 is 1.87 bits per heavy atom. The van der Waals surface area contributed by atoms with Crippen LogP contribution in [0.3, 0.4) is 0 Å². The summed E-state index contributed by atoms with van der Waals surface area (Å²) in [6.07, 6.45) is 1.36. The van der Waals surface area contributed by atoms with E-state index in [0.29, 0.717) is 41.5 Å². The summed E-state index contributed by atoms with van der Waals surface area (Å²) < 4.78 is 27.2. The highest BCUT2D eigenvalue weighted by atomic mass is 35.5. The standard InChI is InChI=1S/C22H26Cl2N2O3S2/c23-20-9-8-18(13-21(20)24)16-31(28,29)26-11-4-7-19(14-26)22(27)25-10-12-30-15-17-5-2-1-3-6-17/h1-3,5-6,8-9,13,19H,4,7,10-12,14-16H2,(H,25,27). The molecule has 168 valence electrons. The molecule has 1 fully saturated rings. The minimum absolute atomic E-state index is 0.0743. The van der Waals surface area contributed by atoms with E-state index >= 15 is 0 Å². The number of hydrogen-bond acceptors (Lipinski definition) is 4. The first-order valence-corrected chi connectivity index (χ1v) is 13.7. The molecule has 1 aliphatic rings. The van der Waals surface area contributed by atoms with Crippen molar-refractivity contribution in [3.8, 4) is 0 Å². The molecule has 0 bridgehead atoms. The second-order valence-electron chi connectivity index (χ2n) is 7.53. The number of thioether (sulfide) groups is 1. The normalized spacial score (nSPS) is 17.4. The minimum atomic E-state index is -3.54. The number of hydrogen-bond donors (Lipinski definition) is 1. The average molecular weight is 502 g/mol. The molecule has 0 radical (unpaired) electrons. The number of amides is 1. The van der Waals surface area contributed by atoms with Crippen LogP contribution in [-0.4, -0.2) is 44.0 Å². The van der Waals surface area contributed by atoms with Crippen molar-refractivity contribution in [2.45, 2.75) is 24.3 Å². The predicted molar refractivity (Wildman–Crippen MR) is 129 cm³/mol. The first kappa shape index (κ1) is 24.4. The summed E-state index contributed by atoms with van der Waals surface area (Å²) in [5, 5.41) is 3.68. The molecule has 9 heteroatoms. The van der Waals surface area contributed by atoms with Gasteiger partial charge in [0.05, 0.1) is 21.7 Å². The van der Waals surface area contributed by atoms with Gasteiger partial charge in [-0.25, -0.2) is 12.7 Å². The monoisotopic (exact) mass is 500 g/mol. The first-order chi connectivity index (χ1) is 14.8. The number of piperidine rings is 1. The lowest BCUT2D eigenvalue weighted by Crippen LogP contribution is -2.46. The van der Waals surface area contributed by atoms with Gasteiger partial charge in [0.15, 0.2) is 0 Å². The molecule has 0 aromatic heterocycles. The highest BCUT2D eigenvalue weighted by Crippen LogP contribution is 2.26. The van der Waals surface area contributed by atoms with E-state index in [1.165, 1.54) is 9.87 Å². The Bertz CT molecular complexity index is 988. The molecule has 1 N–H and O–H groups in total. The van der Waals surface area contributed by atoms with E-state index < -0.39 is 10.0 Å². The topological polar surface area (TPSA) is 66.5 Å². The SMILES string of the molecule is O=C(NCCSCc1ccccc1)C1CCCN(S(=O)(=O)Cc2ccc(Cl)c(Cl)c2)C1. The van der Waals surface area contributed by atoms with Crippen LogP contribution in [0.1, 0.15) is 24.0 Å². The molecule has 0 spiro atoms. The Kier molecular flexibility index (Phi) is 9.10. The third kappa shape index (κ3) is 7.39. The van der Waals surface area contributed by atoms with Gasteiger partial charge in [-0.05, 0) is 36.1 Å². The molecule has 1 aliphatic heterocycles. The lowest BCUT2D eigenvalue weighted by Gasteiger charge is -2.31. The van der Waals surface area contributed by atoms with Gasteiger partial charge in [0, 0.05) is 31.1 Å². The van der Waals surface area contributed by atoms with E-state index in [4.69, 9.17) is 23.2 Å². The van der Waals surface area contributed by atoms with Gasteiger partial charge in [0.2, 0.25) is 15.9 Å². The number of halogens is 2. The van der Waals surface area contributed by atoms with Crippen LogP contribution in [0.4, 0.5) is 0 Å². The van der Waals surface area contributed by atoms with E-state index in [-0.39, 0.29) is 24.1 Å². The van der Waals surface area contributed by atoms with Gasteiger partial charge < -0.3 is 5.32 Å². The van der Waals surface area contributed by atoms with Crippen LogP contribution in [-0.2, 0) is 26.3 Å². The van der Waals surface area contributed by atoms with Crippen LogP contribution < -0.4 is 5.32 Å². The van der Waals surface area contributed by atoms with Gasteiger partial charge in [0.1, 0.15) is 0 Å². The van der Waals surface area contributed by atoms with Gasteiger partial charge >= 0.3 is 0 Å². The van der Waals surface area contributed by atoms with Crippen LogP contribution in [0.5, 0.6) is 0 Å². The number of benzene rings is 2. The summed E-state index contributed by atoms with van der Waals surface area (Å²) in [4.78, 5) is 12.6. The summed E-state index contributed by atoms with van der Waals surface area (Å²) in [6, 6.07) is 15.0. The molecule has 1 heterocycles. The largest absolute Gasteiger partial charge is 0.355 e. The van der Waals surface area contributed by atoms with Crippen molar-refractivity contribution in [1.29, 1.82) is 0 Å². The summed E-state index contributed by atoms with van der Waals surface area (Å²) in [5.74, 6) is 1.16. The molecule has 31 heavy (non-hydrogen) atoms. The lowest BCUT2D eigenvalue weighted by molar-refractivity contribution is -0.125. The summed E-state index contributed by atoms with van der Waals surface area (Å²) >= 11 is 13.7. The number of nitrogens with one attached hydrogen (secondary N) is 1. The molecule has 2 aromatic rings. The van der Waals surface area contributed by atoms with Gasteiger partial charge in [0.25, 0.3) is 0 Å². The smallest absolute Gasteiger partial charge is 0.224 e. The maximum absolute atomic E-state index is 12.9. The molecule has 2 aromatic carbocycles. The molecule has 0 aliphatic carbocycles. The second kappa shape index (κ2) is 11.6. The van der Waals surface area contributed by atoms with Gasteiger partial charge in [-0.1, -0.05) is 59.6 Å². The van der Waals surface area contributed by atoms with Crippen molar-refractivity contribution in [3.63, 3.8) is 0 Å². The van der Waals surface area contributed by atoms with Crippen LogP contribution in [0, 0.1) is 5.92 Å². The van der Waals surface area contributed by atoms with Crippen molar-refractivity contribution in [2.24, 2.45) is 5.92 Å². The van der Waals surface area contributed by atoms with Crippen LogP contribution in [0.2, 0.25) is 10.0 Å². The molecule has 3 rings (SSSR count). The molecule has 1 saturated heterocycles. The fraction of sp³-hybridized carbons (Fsp3) is 0.409. The number of nitrogens with zero attached hydrogens (tertiary/aromatic N) is 1. The summed E-state index contributed by atoms with van der Waals surface area (Å²) in [6.45, 7) is 1.22. The average Bonchev–Trinajstić information content (AvgIpc) is 2.76. The molecule has 0 saturated carbocycles. The molecule has 1 amide bonds. The quantitative estimate of drug-likeness (QED) is 0.511. The molecule has 1 unspecified atom stereocenters. The van der Waals surface area contributed by atoms with Gasteiger partial charge in [-0.3, -0.25) is 4.79 Å². The third-order valence-electron chi connectivity index (χ3n) is 5.14. The van der Waals surface area contributed by atoms with E-state index in [1.807, 2.05) is 18.2 Å². The number of carbonyl (C=O) groups is 1. The van der Waals surface area contributed by atoms with E-state index in [9.17, 15) is 13.2 Å². The van der Waals surface area contributed by atoms with Crippen LogP contribution in [0.15, 0.2) is 48.5 Å². The number of carbonyl (C=O) groups excluding carboxylic acids is 1. The van der Waals surface area contributed by atoms with E-state index in [1.54, 1.807) is 30.0 Å². The number of sulfonamides is 1. The predicted octanol–water partition coefficient (Wildman–Crippen LogP) is 4.58. The Morgan fingerprint density at radius 1 is 1.10 bits per heavy atom. The van der Waals surface area contributed by atoms with E-state index in [0.717, 1.165) is 11.5 Å². The maximum atomic E-state index is 12.9. The zero-order valence-electron chi connectivity index (χ0n) is 17.1. The molecule has 1 atom stereocenters. The molecular weight excluding hydrogens is 475 g/mol. The fourth-order valence-electron chi connectivity index (χ4n) is 3.50. The highest BCUT2D eigenvalue weighted by molar-refractivity contribution is 7.98. The second-order valence-corrected chi connectivity index (χ2v) is 11.4. The van der Waals surface area contributed by atoms with Gasteiger partial charge in [-0.15, -0.1) is 0 Å². The zero-order valence-corrected chi connectivity index (χ0v) is 20.2.